The van der Waals surface area contributed by atoms with Crippen molar-refractivity contribution in [1.29, 1.82) is 0 Å². The van der Waals surface area contributed by atoms with Crippen LogP contribution in [0.5, 0.6) is 11.5 Å². The zero-order valence-corrected chi connectivity index (χ0v) is 18.8. The van der Waals surface area contributed by atoms with Crippen molar-refractivity contribution in [3.8, 4) is 11.5 Å². The van der Waals surface area contributed by atoms with Crippen LogP contribution in [0.25, 0.3) is 21.8 Å². The van der Waals surface area contributed by atoms with Crippen molar-refractivity contribution in [2.24, 2.45) is 0 Å². The van der Waals surface area contributed by atoms with Crippen molar-refractivity contribution >= 4 is 45.3 Å². The number of thioether (sulfide) groups is 2. The van der Waals surface area contributed by atoms with Crippen LogP contribution in [0.2, 0.25) is 0 Å². The van der Waals surface area contributed by atoms with Gasteiger partial charge in [0, 0.05) is 23.2 Å². The first-order valence-electron chi connectivity index (χ1n) is 9.91. The van der Waals surface area contributed by atoms with Crippen molar-refractivity contribution in [2.75, 3.05) is 25.7 Å². The van der Waals surface area contributed by atoms with Crippen molar-refractivity contribution in [2.45, 2.75) is 22.6 Å². The topological polar surface area (TPSA) is 44.2 Å². The molecule has 0 aliphatic rings. The first-order chi connectivity index (χ1) is 14.8. The molecule has 0 bridgehead atoms. The highest BCUT2D eigenvalue weighted by atomic mass is 32.2. The Morgan fingerprint density at radius 1 is 0.667 bits per heavy atom. The number of pyridine rings is 2. The van der Waals surface area contributed by atoms with Crippen molar-refractivity contribution in [3.63, 3.8) is 0 Å². The normalized spacial score (nSPS) is 11.1. The fourth-order valence-corrected chi connectivity index (χ4v) is 4.36. The number of unbranched alkanes of at least 4 members (excludes halogenated alkanes) is 1. The van der Waals surface area contributed by atoms with E-state index in [0.29, 0.717) is 13.2 Å². The Morgan fingerprint density at radius 2 is 1.10 bits per heavy atom. The number of nitrogens with zero attached hydrogens (tertiary/aromatic N) is 2. The highest BCUT2D eigenvalue weighted by molar-refractivity contribution is 7.99. The van der Waals surface area contributed by atoms with E-state index in [4.69, 9.17) is 9.47 Å². The summed E-state index contributed by atoms with van der Waals surface area (Å²) in [5.41, 5.74) is 1.92. The lowest BCUT2D eigenvalue weighted by atomic mass is 10.2. The third-order valence-corrected chi connectivity index (χ3v) is 6.32. The van der Waals surface area contributed by atoms with Crippen LogP contribution in [0.3, 0.4) is 0 Å². The average molecular weight is 437 g/mol. The molecule has 30 heavy (non-hydrogen) atoms. The number of para-hydroxylation sites is 2. The number of hydrogen-bond donors (Lipinski definition) is 0. The minimum absolute atomic E-state index is 0.650. The Kier molecular flexibility index (Phi) is 6.97. The molecule has 0 aliphatic carbocycles. The summed E-state index contributed by atoms with van der Waals surface area (Å²) in [6.45, 7) is 1.30. The Labute approximate surface area is 185 Å². The lowest BCUT2D eigenvalue weighted by Crippen LogP contribution is -2.04. The fraction of sp³-hybridized carbons (Fsp3) is 0.250. The first kappa shape index (κ1) is 20.8. The molecule has 0 unspecified atom stereocenters. The molecule has 2 heterocycles. The zero-order valence-electron chi connectivity index (χ0n) is 17.1. The molecule has 4 rings (SSSR count). The number of fused-ring (bicyclic) bond motifs is 2. The molecule has 2 aromatic heterocycles. The largest absolute Gasteiger partial charge is 0.492 e. The third kappa shape index (κ3) is 4.50. The number of hydrogen-bond acceptors (Lipinski definition) is 6. The predicted octanol–water partition coefficient (Wildman–Crippen LogP) is 6.46. The van der Waals surface area contributed by atoms with E-state index in [0.717, 1.165) is 55.9 Å². The molecule has 0 radical (unpaired) electrons. The monoisotopic (exact) mass is 436 g/mol. The van der Waals surface area contributed by atoms with Gasteiger partial charge in [-0.25, -0.2) is 0 Å². The molecule has 0 aliphatic heterocycles. The molecule has 0 atom stereocenters. The summed E-state index contributed by atoms with van der Waals surface area (Å²) >= 11 is 3.32. The molecule has 0 saturated heterocycles. The van der Waals surface area contributed by atoms with Gasteiger partial charge in [0.25, 0.3) is 0 Å². The summed E-state index contributed by atoms with van der Waals surface area (Å²) in [5.74, 6) is 1.86. The van der Waals surface area contributed by atoms with Crippen LogP contribution < -0.4 is 9.47 Å². The summed E-state index contributed by atoms with van der Waals surface area (Å²) in [4.78, 5) is 11.2. The van der Waals surface area contributed by atoms with Crippen LogP contribution in [0.15, 0.2) is 70.7 Å². The summed E-state index contributed by atoms with van der Waals surface area (Å²) in [7, 11) is 0. The molecule has 2 aromatic carbocycles. The Bertz CT molecular complexity index is 1060. The van der Waals surface area contributed by atoms with Crippen molar-refractivity contribution in [1.82, 2.24) is 9.97 Å². The second kappa shape index (κ2) is 10.0. The van der Waals surface area contributed by atoms with E-state index >= 15 is 0 Å². The Balaban J connectivity index is 1.36. The maximum absolute atomic E-state index is 6.18. The maximum Gasteiger partial charge on any atom is 0.143 e. The first-order valence-corrected chi connectivity index (χ1v) is 12.4. The van der Waals surface area contributed by atoms with Crippen LogP contribution >= 0.6 is 23.5 Å². The molecular formula is C24H24N2O2S2. The van der Waals surface area contributed by atoms with Gasteiger partial charge in [0.1, 0.15) is 11.5 Å². The predicted molar refractivity (Wildman–Crippen MR) is 127 cm³/mol. The van der Waals surface area contributed by atoms with Gasteiger partial charge in [-0.2, -0.15) is 0 Å². The van der Waals surface area contributed by atoms with Crippen LogP contribution in [0.1, 0.15) is 12.8 Å². The van der Waals surface area contributed by atoms with E-state index in [1.165, 1.54) is 0 Å². The van der Waals surface area contributed by atoms with Crippen molar-refractivity contribution in [3.05, 3.63) is 60.9 Å². The minimum Gasteiger partial charge on any atom is -0.492 e. The van der Waals surface area contributed by atoms with Gasteiger partial charge in [-0.3, -0.25) is 9.97 Å². The third-order valence-electron chi connectivity index (χ3n) is 4.86. The second-order valence-corrected chi connectivity index (χ2v) is 8.45. The molecule has 154 valence electrons. The van der Waals surface area contributed by atoms with Gasteiger partial charge >= 0.3 is 0 Å². The standard InChI is InChI=1S/C24H24N2O2S2/c1-29-21-15-25-19-11-5-3-9-17(19)23(21)27-13-7-8-14-28-24-18-10-4-6-12-20(18)26-16-22(24)30-2/h3-6,9-12,15-16H,7-8,13-14H2,1-2H3. The van der Waals surface area contributed by atoms with Crippen LogP contribution in [-0.4, -0.2) is 35.7 Å². The van der Waals surface area contributed by atoms with E-state index in [1.807, 2.05) is 48.8 Å². The Hall–Kier alpha value is -2.44. The fourth-order valence-electron chi connectivity index (χ4n) is 3.34. The summed E-state index contributed by atoms with van der Waals surface area (Å²) in [6, 6.07) is 16.2. The summed E-state index contributed by atoms with van der Waals surface area (Å²) in [6.07, 6.45) is 9.72. The van der Waals surface area contributed by atoms with Crippen LogP contribution in [-0.2, 0) is 0 Å². The van der Waals surface area contributed by atoms with Gasteiger partial charge in [-0.15, -0.1) is 23.5 Å². The molecule has 0 spiro atoms. The Morgan fingerprint density at radius 3 is 1.53 bits per heavy atom. The summed E-state index contributed by atoms with van der Waals surface area (Å²) < 4.78 is 12.4. The van der Waals surface area contributed by atoms with E-state index in [-0.39, 0.29) is 0 Å². The molecule has 4 nitrogen and oxygen atoms in total. The molecule has 0 fully saturated rings. The number of rotatable bonds is 9. The smallest absolute Gasteiger partial charge is 0.143 e. The highest BCUT2D eigenvalue weighted by Crippen LogP contribution is 2.35. The van der Waals surface area contributed by atoms with Gasteiger partial charge in [-0.05, 0) is 49.6 Å². The SMILES string of the molecule is CSc1cnc2ccccc2c1OCCCCOc1c(SC)cnc2ccccc12. The zero-order chi connectivity index (χ0) is 20.8. The minimum atomic E-state index is 0.650. The van der Waals surface area contributed by atoms with E-state index in [2.05, 4.69) is 34.6 Å². The van der Waals surface area contributed by atoms with Crippen LogP contribution in [0, 0.1) is 0 Å². The maximum atomic E-state index is 6.18. The van der Waals surface area contributed by atoms with Gasteiger partial charge in [0.05, 0.1) is 34.0 Å². The second-order valence-electron chi connectivity index (χ2n) is 6.75. The van der Waals surface area contributed by atoms with Crippen molar-refractivity contribution < 1.29 is 9.47 Å². The molecule has 0 saturated carbocycles. The van der Waals surface area contributed by atoms with Crippen LogP contribution in [0.4, 0.5) is 0 Å². The molecule has 4 aromatic rings. The van der Waals surface area contributed by atoms with E-state index in [9.17, 15) is 0 Å². The molecule has 0 N–H and O–H groups in total. The summed E-state index contributed by atoms with van der Waals surface area (Å²) in [5, 5.41) is 2.13. The number of aromatic nitrogens is 2. The van der Waals surface area contributed by atoms with Gasteiger partial charge in [0.15, 0.2) is 0 Å². The average Bonchev–Trinajstić information content (AvgIpc) is 2.81. The number of benzene rings is 2. The number of ether oxygens (including phenoxy) is 2. The molecular weight excluding hydrogens is 412 g/mol. The van der Waals surface area contributed by atoms with Gasteiger partial charge in [0.2, 0.25) is 0 Å². The lowest BCUT2D eigenvalue weighted by molar-refractivity contribution is 0.263. The van der Waals surface area contributed by atoms with Gasteiger partial charge in [-0.1, -0.05) is 24.3 Å². The molecule has 6 heteroatoms. The molecule has 0 amide bonds. The lowest BCUT2D eigenvalue weighted by Gasteiger charge is -2.14. The van der Waals surface area contributed by atoms with E-state index < -0.39 is 0 Å². The quantitative estimate of drug-likeness (QED) is 0.221. The highest BCUT2D eigenvalue weighted by Gasteiger charge is 2.11. The van der Waals surface area contributed by atoms with Gasteiger partial charge < -0.3 is 9.47 Å². The van der Waals surface area contributed by atoms with E-state index in [1.54, 1.807) is 23.5 Å².